The Morgan fingerprint density at radius 2 is 2.07 bits per heavy atom. The van der Waals surface area contributed by atoms with Gasteiger partial charge in [-0.05, 0) is 18.2 Å². The maximum absolute atomic E-state index is 10.8. The molecule has 15 heavy (non-hydrogen) atoms. The molecule has 6 nitrogen and oxygen atoms in total. The van der Waals surface area contributed by atoms with E-state index < -0.39 is 15.8 Å². The predicted molar refractivity (Wildman–Crippen MR) is 52.2 cm³/mol. The van der Waals surface area contributed by atoms with Crippen LogP contribution in [0.2, 0.25) is 0 Å². The third-order valence-electron chi connectivity index (χ3n) is 1.88. The van der Waals surface area contributed by atoms with E-state index in [-0.39, 0.29) is 4.90 Å². The minimum absolute atomic E-state index is 0.233. The van der Waals surface area contributed by atoms with E-state index in [0.717, 1.165) is 0 Å². The number of fused-ring (bicyclic) bond motifs is 1. The van der Waals surface area contributed by atoms with Crippen LogP contribution < -0.4 is 5.69 Å². The number of H-pyrrole nitrogens is 1. The molecule has 0 saturated heterocycles. The Balaban J connectivity index is 2.78. The summed E-state index contributed by atoms with van der Waals surface area (Å²) < 4.78 is 30.4. The Morgan fingerprint density at radius 3 is 2.73 bits per heavy atom. The van der Waals surface area contributed by atoms with E-state index in [2.05, 4.69) is 9.97 Å². The third-order valence-corrected chi connectivity index (χ3v) is 2.73. The lowest BCUT2D eigenvalue weighted by Gasteiger charge is -1.99. The van der Waals surface area contributed by atoms with Crippen LogP contribution in [0, 0.1) is 0 Å². The molecule has 0 aliphatic heterocycles. The third kappa shape index (κ3) is 1.88. The van der Waals surface area contributed by atoms with E-state index in [4.69, 9.17) is 4.55 Å². The summed E-state index contributed by atoms with van der Waals surface area (Å²) in [5.41, 5.74) is -0.0514. The Labute approximate surface area is 84.3 Å². The number of hydrogen-bond acceptors (Lipinski definition) is 4. The molecule has 1 heterocycles. The van der Waals surface area contributed by atoms with Crippen molar-refractivity contribution in [1.82, 2.24) is 9.97 Å². The largest absolute Gasteiger partial charge is 0.345 e. The molecule has 0 atom stereocenters. The molecule has 2 N–H and O–H groups in total. The minimum Gasteiger partial charge on any atom is -0.305 e. The second kappa shape index (κ2) is 3.14. The lowest BCUT2D eigenvalue weighted by molar-refractivity contribution is 0.483. The Hall–Kier alpha value is -1.73. The normalized spacial score (nSPS) is 11.8. The van der Waals surface area contributed by atoms with Gasteiger partial charge >= 0.3 is 5.69 Å². The van der Waals surface area contributed by atoms with Crippen LogP contribution >= 0.6 is 0 Å². The van der Waals surface area contributed by atoms with E-state index in [0.29, 0.717) is 10.9 Å². The van der Waals surface area contributed by atoms with Gasteiger partial charge in [0, 0.05) is 11.6 Å². The van der Waals surface area contributed by atoms with Crippen molar-refractivity contribution < 1.29 is 13.0 Å². The van der Waals surface area contributed by atoms with Crippen LogP contribution in [0.15, 0.2) is 34.1 Å². The molecule has 78 valence electrons. The maximum Gasteiger partial charge on any atom is 0.345 e. The zero-order chi connectivity index (χ0) is 11.1. The number of rotatable bonds is 1. The number of nitrogens with zero attached hydrogens (tertiary/aromatic N) is 1. The average Bonchev–Trinajstić information content (AvgIpc) is 2.15. The van der Waals surface area contributed by atoms with Crippen molar-refractivity contribution in [2.24, 2.45) is 0 Å². The number of benzene rings is 1. The van der Waals surface area contributed by atoms with Gasteiger partial charge in [-0.2, -0.15) is 8.42 Å². The Bertz CT molecular complexity index is 674. The molecule has 1 aromatic heterocycles. The molecular formula is C8H6N2O4S. The van der Waals surface area contributed by atoms with Crippen molar-refractivity contribution >= 4 is 21.0 Å². The van der Waals surface area contributed by atoms with Crippen molar-refractivity contribution in [3.05, 3.63) is 34.9 Å². The molecule has 1 aromatic carbocycles. The van der Waals surface area contributed by atoms with Crippen LogP contribution in [-0.2, 0) is 10.1 Å². The monoisotopic (exact) mass is 226 g/mol. The molecule has 0 bridgehead atoms. The maximum atomic E-state index is 10.8. The molecule has 0 radical (unpaired) electrons. The summed E-state index contributed by atoms with van der Waals surface area (Å²) in [7, 11) is -4.22. The van der Waals surface area contributed by atoms with Crippen LogP contribution in [0.4, 0.5) is 0 Å². The summed E-state index contributed by atoms with van der Waals surface area (Å²) in [6.07, 6.45) is 1.24. The van der Waals surface area contributed by atoms with Gasteiger partial charge in [0.25, 0.3) is 10.1 Å². The average molecular weight is 226 g/mol. The van der Waals surface area contributed by atoms with Gasteiger partial charge in [-0.3, -0.25) is 4.55 Å². The van der Waals surface area contributed by atoms with Gasteiger partial charge < -0.3 is 4.98 Å². The van der Waals surface area contributed by atoms with Gasteiger partial charge in [-0.25, -0.2) is 9.78 Å². The van der Waals surface area contributed by atoms with E-state index in [1.54, 1.807) is 0 Å². The summed E-state index contributed by atoms with van der Waals surface area (Å²) in [4.78, 5) is 16.5. The fourth-order valence-corrected chi connectivity index (χ4v) is 1.71. The summed E-state index contributed by atoms with van der Waals surface area (Å²) in [5, 5.41) is 0.435. The van der Waals surface area contributed by atoms with Gasteiger partial charge in [0.2, 0.25) is 0 Å². The van der Waals surface area contributed by atoms with Crippen LogP contribution in [0.3, 0.4) is 0 Å². The lowest BCUT2D eigenvalue weighted by atomic mass is 10.2. The topological polar surface area (TPSA) is 100 Å². The number of hydrogen-bond donors (Lipinski definition) is 2. The van der Waals surface area contributed by atoms with Crippen LogP contribution in [0.1, 0.15) is 0 Å². The van der Waals surface area contributed by atoms with Crippen LogP contribution in [0.25, 0.3) is 10.9 Å². The standard InChI is InChI=1S/C8H6N2O4S/c11-8-9-4-5-3-6(15(12,13)14)1-2-7(5)10-8/h1-4H,(H,9,10,11)(H,12,13,14). The summed E-state index contributed by atoms with van der Waals surface area (Å²) in [6, 6.07) is 3.82. The van der Waals surface area contributed by atoms with E-state index >= 15 is 0 Å². The van der Waals surface area contributed by atoms with Gasteiger partial charge in [0.05, 0.1) is 10.4 Å². The van der Waals surface area contributed by atoms with Crippen molar-refractivity contribution in [3.63, 3.8) is 0 Å². The Morgan fingerprint density at radius 1 is 1.33 bits per heavy atom. The molecule has 2 rings (SSSR count). The van der Waals surface area contributed by atoms with Crippen molar-refractivity contribution in [1.29, 1.82) is 0 Å². The first-order valence-corrected chi connectivity index (χ1v) is 5.37. The second-order valence-electron chi connectivity index (χ2n) is 2.91. The van der Waals surface area contributed by atoms with Crippen molar-refractivity contribution in [2.75, 3.05) is 0 Å². The predicted octanol–water partition coefficient (Wildman–Crippen LogP) is 0.170. The van der Waals surface area contributed by atoms with Gasteiger partial charge in [0.15, 0.2) is 0 Å². The molecule has 7 heteroatoms. The van der Waals surface area contributed by atoms with Crippen molar-refractivity contribution in [3.8, 4) is 0 Å². The number of aromatic amines is 1. The quantitative estimate of drug-likeness (QED) is 0.675. The fourth-order valence-electron chi connectivity index (χ4n) is 1.20. The molecule has 0 spiro atoms. The second-order valence-corrected chi connectivity index (χ2v) is 4.33. The number of nitrogens with one attached hydrogen (secondary N) is 1. The minimum atomic E-state index is -4.22. The zero-order valence-electron chi connectivity index (χ0n) is 7.34. The molecule has 0 amide bonds. The highest BCUT2D eigenvalue weighted by molar-refractivity contribution is 7.85. The highest BCUT2D eigenvalue weighted by atomic mass is 32.2. The first-order chi connectivity index (χ1) is 6.97. The molecule has 0 aliphatic carbocycles. The highest BCUT2D eigenvalue weighted by Gasteiger charge is 2.09. The molecular weight excluding hydrogens is 220 g/mol. The van der Waals surface area contributed by atoms with E-state index in [1.165, 1.54) is 24.4 Å². The first-order valence-electron chi connectivity index (χ1n) is 3.93. The number of aromatic nitrogens is 2. The highest BCUT2D eigenvalue weighted by Crippen LogP contribution is 2.15. The molecule has 0 aliphatic rings. The first kappa shape index (κ1) is 9.81. The molecule has 0 unspecified atom stereocenters. The molecule has 2 aromatic rings. The zero-order valence-corrected chi connectivity index (χ0v) is 8.15. The summed E-state index contributed by atoms with van der Waals surface area (Å²) in [5.74, 6) is 0. The van der Waals surface area contributed by atoms with Crippen LogP contribution in [0.5, 0.6) is 0 Å². The van der Waals surface area contributed by atoms with E-state index in [1.807, 2.05) is 0 Å². The van der Waals surface area contributed by atoms with Crippen molar-refractivity contribution in [2.45, 2.75) is 4.90 Å². The SMILES string of the molecule is O=c1ncc2cc(S(=O)(=O)O)ccc2[nH]1. The smallest absolute Gasteiger partial charge is 0.305 e. The Kier molecular flexibility index (Phi) is 2.06. The molecule has 0 saturated carbocycles. The van der Waals surface area contributed by atoms with Gasteiger partial charge in [-0.15, -0.1) is 0 Å². The molecule has 0 fully saturated rings. The van der Waals surface area contributed by atoms with E-state index in [9.17, 15) is 13.2 Å². The summed E-state index contributed by atoms with van der Waals surface area (Å²) >= 11 is 0. The fraction of sp³-hybridized carbons (Fsp3) is 0. The van der Waals surface area contributed by atoms with Crippen LogP contribution in [-0.4, -0.2) is 22.9 Å². The van der Waals surface area contributed by atoms with Gasteiger partial charge in [0.1, 0.15) is 0 Å². The lowest BCUT2D eigenvalue weighted by Crippen LogP contribution is -2.08. The van der Waals surface area contributed by atoms with Gasteiger partial charge in [-0.1, -0.05) is 0 Å². The summed E-state index contributed by atoms with van der Waals surface area (Å²) in [6.45, 7) is 0.